The van der Waals surface area contributed by atoms with Crippen molar-refractivity contribution in [1.29, 1.82) is 0 Å². The summed E-state index contributed by atoms with van der Waals surface area (Å²) in [6.45, 7) is -0.107. The highest BCUT2D eigenvalue weighted by atomic mass is 32.1. The number of aliphatic hydroxyl groups is 1. The van der Waals surface area contributed by atoms with Crippen LogP contribution in [0.2, 0.25) is 0 Å². The van der Waals surface area contributed by atoms with Gasteiger partial charge in [0.05, 0.1) is 6.61 Å². The Kier molecular flexibility index (Phi) is 3.49. The summed E-state index contributed by atoms with van der Waals surface area (Å²) in [7, 11) is 0. The Bertz CT molecular complexity index is 361. The summed E-state index contributed by atoms with van der Waals surface area (Å²) in [4.78, 5) is 3.29. The molecule has 1 rings (SSSR count). The number of aromatic nitrogens is 1. The van der Waals surface area contributed by atoms with Crippen LogP contribution in [-0.2, 0) is 6.18 Å². The zero-order valence-corrected chi connectivity index (χ0v) is 7.74. The summed E-state index contributed by atoms with van der Waals surface area (Å²) in [5.74, 6) is 4.93. The van der Waals surface area contributed by atoms with Crippen LogP contribution >= 0.6 is 11.3 Å². The fraction of sp³-hybridized carbons (Fsp3) is 0.375. The Hall–Kier alpha value is -1.06. The molecule has 0 spiro atoms. The van der Waals surface area contributed by atoms with Crippen molar-refractivity contribution < 1.29 is 18.3 Å². The van der Waals surface area contributed by atoms with E-state index in [0.29, 0.717) is 0 Å². The smallest absolute Gasteiger partial charge is 0.395 e. The first kappa shape index (κ1) is 11.0. The van der Waals surface area contributed by atoms with Gasteiger partial charge in [-0.05, 0) is 5.92 Å². The first-order valence-electron chi connectivity index (χ1n) is 3.66. The SMILES string of the molecule is OCCC#Cc1nc(C(F)(F)F)cs1. The van der Waals surface area contributed by atoms with Crippen LogP contribution in [0.15, 0.2) is 5.38 Å². The number of hydrogen-bond acceptors (Lipinski definition) is 3. The molecule has 0 radical (unpaired) electrons. The summed E-state index contributed by atoms with van der Waals surface area (Å²) in [5, 5.41) is 9.42. The quantitative estimate of drug-likeness (QED) is 0.735. The van der Waals surface area contributed by atoms with Crippen molar-refractivity contribution in [3.63, 3.8) is 0 Å². The van der Waals surface area contributed by atoms with Gasteiger partial charge in [-0.3, -0.25) is 0 Å². The average molecular weight is 221 g/mol. The molecule has 1 aromatic rings. The summed E-state index contributed by atoms with van der Waals surface area (Å²) >= 11 is 0.840. The molecule has 0 aliphatic heterocycles. The maximum Gasteiger partial charge on any atom is 0.434 e. The van der Waals surface area contributed by atoms with Crippen molar-refractivity contribution in [2.24, 2.45) is 0 Å². The first-order valence-corrected chi connectivity index (χ1v) is 4.54. The standard InChI is InChI=1S/C8H6F3NOS/c9-8(10,11)6-5-14-7(12-6)3-1-2-4-13/h5,13H,2,4H2. The van der Waals surface area contributed by atoms with Crippen LogP contribution in [0.5, 0.6) is 0 Å². The Morgan fingerprint density at radius 3 is 2.71 bits per heavy atom. The lowest BCUT2D eigenvalue weighted by Crippen LogP contribution is -2.04. The van der Waals surface area contributed by atoms with Gasteiger partial charge in [0, 0.05) is 11.8 Å². The van der Waals surface area contributed by atoms with E-state index >= 15 is 0 Å². The topological polar surface area (TPSA) is 33.1 Å². The summed E-state index contributed by atoms with van der Waals surface area (Å²) in [6.07, 6.45) is -4.17. The van der Waals surface area contributed by atoms with Crippen molar-refractivity contribution in [2.75, 3.05) is 6.61 Å². The van der Waals surface area contributed by atoms with Gasteiger partial charge >= 0.3 is 6.18 Å². The minimum atomic E-state index is -4.41. The zero-order valence-electron chi connectivity index (χ0n) is 6.93. The number of halogens is 3. The van der Waals surface area contributed by atoms with Crippen LogP contribution < -0.4 is 0 Å². The van der Waals surface area contributed by atoms with Gasteiger partial charge in [0.1, 0.15) is 0 Å². The molecule has 1 aromatic heterocycles. The number of hydrogen-bond donors (Lipinski definition) is 1. The van der Waals surface area contributed by atoms with Crippen molar-refractivity contribution in [1.82, 2.24) is 4.98 Å². The number of rotatable bonds is 1. The van der Waals surface area contributed by atoms with E-state index in [9.17, 15) is 13.2 Å². The van der Waals surface area contributed by atoms with E-state index in [1.165, 1.54) is 0 Å². The van der Waals surface area contributed by atoms with Crippen LogP contribution in [0.3, 0.4) is 0 Å². The van der Waals surface area contributed by atoms with E-state index in [-0.39, 0.29) is 18.0 Å². The zero-order chi connectivity index (χ0) is 10.6. The molecular formula is C8H6F3NOS. The molecule has 0 amide bonds. The van der Waals surface area contributed by atoms with Crippen LogP contribution in [0, 0.1) is 11.8 Å². The Balaban J connectivity index is 2.75. The van der Waals surface area contributed by atoms with Crippen LogP contribution in [0.1, 0.15) is 17.1 Å². The fourth-order valence-electron chi connectivity index (χ4n) is 0.655. The maximum atomic E-state index is 12.0. The van der Waals surface area contributed by atoms with E-state index in [1.54, 1.807) is 0 Å². The third-order valence-electron chi connectivity index (χ3n) is 1.23. The minimum Gasteiger partial charge on any atom is -0.395 e. The lowest BCUT2D eigenvalue weighted by atomic mass is 10.4. The number of thiazole rings is 1. The molecular weight excluding hydrogens is 215 g/mol. The molecule has 0 unspecified atom stereocenters. The molecule has 0 saturated carbocycles. The second-order valence-electron chi connectivity index (χ2n) is 2.31. The second-order valence-corrected chi connectivity index (χ2v) is 3.17. The fourth-order valence-corrected chi connectivity index (χ4v) is 1.35. The van der Waals surface area contributed by atoms with Crippen LogP contribution in [0.25, 0.3) is 0 Å². The summed E-state index contributed by atoms with van der Waals surface area (Å²) < 4.78 is 36.1. The number of nitrogens with zero attached hydrogens (tertiary/aromatic N) is 1. The molecule has 1 heterocycles. The highest BCUT2D eigenvalue weighted by Gasteiger charge is 2.33. The Morgan fingerprint density at radius 2 is 2.21 bits per heavy atom. The lowest BCUT2D eigenvalue weighted by Gasteiger charge is -1.98. The molecule has 0 bridgehead atoms. The highest BCUT2D eigenvalue weighted by Crippen LogP contribution is 2.29. The highest BCUT2D eigenvalue weighted by molar-refractivity contribution is 7.10. The molecule has 76 valence electrons. The van der Waals surface area contributed by atoms with Gasteiger partial charge in [-0.1, -0.05) is 5.92 Å². The maximum absolute atomic E-state index is 12.0. The third kappa shape index (κ3) is 3.01. The van der Waals surface area contributed by atoms with Crippen molar-refractivity contribution in [2.45, 2.75) is 12.6 Å². The van der Waals surface area contributed by atoms with Gasteiger partial charge < -0.3 is 5.11 Å². The molecule has 0 aromatic carbocycles. The van der Waals surface area contributed by atoms with Crippen molar-refractivity contribution in [3.8, 4) is 11.8 Å². The van der Waals surface area contributed by atoms with Crippen LogP contribution in [-0.4, -0.2) is 16.7 Å². The van der Waals surface area contributed by atoms with Gasteiger partial charge in [0.15, 0.2) is 10.7 Å². The van der Waals surface area contributed by atoms with Crippen molar-refractivity contribution >= 4 is 11.3 Å². The van der Waals surface area contributed by atoms with Gasteiger partial charge in [-0.2, -0.15) is 13.2 Å². The molecule has 1 N–H and O–H groups in total. The molecule has 2 nitrogen and oxygen atoms in total. The van der Waals surface area contributed by atoms with E-state index in [4.69, 9.17) is 5.11 Å². The van der Waals surface area contributed by atoms with Crippen molar-refractivity contribution in [3.05, 3.63) is 16.1 Å². The largest absolute Gasteiger partial charge is 0.434 e. The summed E-state index contributed by atoms with van der Waals surface area (Å²) in [6, 6.07) is 0. The van der Waals surface area contributed by atoms with E-state index in [1.807, 2.05) is 0 Å². The Morgan fingerprint density at radius 1 is 1.50 bits per heavy atom. The minimum absolute atomic E-state index is 0.107. The number of aliphatic hydroxyl groups excluding tert-OH is 1. The lowest BCUT2D eigenvalue weighted by molar-refractivity contribution is -0.140. The van der Waals surface area contributed by atoms with Crippen LogP contribution in [0.4, 0.5) is 13.2 Å². The average Bonchev–Trinajstić information content (AvgIpc) is 2.52. The molecule has 0 fully saturated rings. The van der Waals surface area contributed by atoms with Gasteiger partial charge in [-0.15, -0.1) is 11.3 Å². The van der Waals surface area contributed by atoms with Gasteiger partial charge in [-0.25, -0.2) is 4.98 Å². The molecule has 0 aliphatic rings. The molecule has 0 aliphatic carbocycles. The first-order chi connectivity index (χ1) is 6.54. The molecule has 0 atom stereocenters. The predicted octanol–water partition coefficient (Wildman–Crippen LogP) is 1.90. The van der Waals surface area contributed by atoms with E-state index in [0.717, 1.165) is 16.7 Å². The number of alkyl halides is 3. The molecule has 6 heteroatoms. The molecule has 0 saturated heterocycles. The normalized spacial score (nSPS) is 10.9. The monoisotopic (exact) mass is 221 g/mol. The summed E-state index contributed by atoms with van der Waals surface area (Å²) in [5.41, 5.74) is -0.921. The predicted molar refractivity (Wildman–Crippen MR) is 45.7 cm³/mol. The van der Waals surface area contributed by atoms with E-state index < -0.39 is 11.9 Å². The second kappa shape index (κ2) is 4.44. The van der Waals surface area contributed by atoms with E-state index in [2.05, 4.69) is 16.8 Å². The molecule has 14 heavy (non-hydrogen) atoms. The third-order valence-corrected chi connectivity index (χ3v) is 1.98. The van der Waals surface area contributed by atoms with Gasteiger partial charge in [0.25, 0.3) is 0 Å². The van der Waals surface area contributed by atoms with Gasteiger partial charge in [0.2, 0.25) is 0 Å². The Labute approximate surface area is 82.4 Å².